The Hall–Kier alpha value is -0.0300. The topological polar surface area (TPSA) is 33.4 Å². The Balaban J connectivity index is 2.42. The lowest BCUT2D eigenvalue weighted by atomic mass is 10.3. The van der Waals surface area contributed by atoms with Gasteiger partial charge in [0, 0.05) is 13.0 Å². The summed E-state index contributed by atoms with van der Waals surface area (Å²) in [5.41, 5.74) is 0. The van der Waals surface area contributed by atoms with Crippen molar-refractivity contribution in [1.29, 1.82) is 0 Å². The largest absolute Gasteiger partial charge is 0.455 e. The number of rotatable bonds is 3. The van der Waals surface area contributed by atoms with Crippen LogP contribution in [0.4, 0.5) is 0 Å². The molecular formula is C7H9IO2. The van der Waals surface area contributed by atoms with Gasteiger partial charge in [0.25, 0.3) is 0 Å². The predicted molar refractivity (Wildman–Crippen MR) is 46.8 cm³/mol. The number of aliphatic hydroxyl groups is 1. The number of aryl methyl sites for hydroxylation is 1. The molecular weight excluding hydrogens is 243 g/mol. The first kappa shape index (κ1) is 8.07. The molecule has 10 heavy (non-hydrogen) atoms. The van der Waals surface area contributed by atoms with E-state index < -0.39 is 0 Å². The summed E-state index contributed by atoms with van der Waals surface area (Å²) in [5.74, 6) is 0.957. The lowest BCUT2D eigenvalue weighted by molar-refractivity contribution is 0.284. The fourth-order valence-electron chi connectivity index (χ4n) is 0.739. The van der Waals surface area contributed by atoms with Crippen LogP contribution in [0.25, 0.3) is 0 Å². The van der Waals surface area contributed by atoms with Gasteiger partial charge in [-0.1, -0.05) is 0 Å². The van der Waals surface area contributed by atoms with Gasteiger partial charge in [-0.3, -0.25) is 0 Å². The average Bonchev–Trinajstić information content (AvgIpc) is 2.31. The summed E-state index contributed by atoms with van der Waals surface area (Å²) in [6, 6.07) is 3.87. The van der Waals surface area contributed by atoms with Crippen molar-refractivity contribution in [2.45, 2.75) is 12.8 Å². The zero-order chi connectivity index (χ0) is 7.40. The van der Waals surface area contributed by atoms with Gasteiger partial charge in [-0.25, -0.2) is 0 Å². The molecule has 0 spiro atoms. The third-order valence-corrected chi connectivity index (χ3v) is 1.79. The molecule has 1 rings (SSSR count). The lowest BCUT2D eigenvalue weighted by Gasteiger charge is -1.90. The minimum atomic E-state index is 0.233. The van der Waals surface area contributed by atoms with Gasteiger partial charge in [0.1, 0.15) is 5.76 Å². The van der Waals surface area contributed by atoms with E-state index in [1.165, 1.54) is 0 Å². The maximum Gasteiger partial charge on any atom is 0.163 e. The minimum Gasteiger partial charge on any atom is -0.455 e. The molecule has 0 fully saturated rings. The molecule has 1 aromatic rings. The van der Waals surface area contributed by atoms with Gasteiger partial charge in [-0.2, -0.15) is 0 Å². The molecule has 0 radical (unpaired) electrons. The molecule has 1 N–H and O–H groups in total. The van der Waals surface area contributed by atoms with Crippen LogP contribution < -0.4 is 0 Å². The molecule has 56 valence electrons. The molecule has 0 aliphatic heterocycles. The van der Waals surface area contributed by atoms with Crippen LogP contribution in [0.1, 0.15) is 12.2 Å². The molecule has 0 saturated heterocycles. The Labute approximate surface area is 73.4 Å². The molecule has 1 heterocycles. The SMILES string of the molecule is OCCCc1ccc(I)o1. The molecule has 0 unspecified atom stereocenters. The highest BCUT2D eigenvalue weighted by atomic mass is 127. The van der Waals surface area contributed by atoms with Crippen LogP contribution in [0.3, 0.4) is 0 Å². The summed E-state index contributed by atoms with van der Waals surface area (Å²) in [4.78, 5) is 0. The van der Waals surface area contributed by atoms with Crippen molar-refractivity contribution < 1.29 is 9.52 Å². The van der Waals surface area contributed by atoms with E-state index in [4.69, 9.17) is 9.52 Å². The second-order valence-corrected chi connectivity index (χ2v) is 3.10. The minimum absolute atomic E-state index is 0.233. The van der Waals surface area contributed by atoms with Gasteiger partial charge in [-0.15, -0.1) is 0 Å². The molecule has 0 aliphatic rings. The first-order valence-corrected chi connectivity index (χ1v) is 4.26. The highest BCUT2D eigenvalue weighted by Gasteiger charge is 1.96. The number of halogens is 1. The van der Waals surface area contributed by atoms with Crippen molar-refractivity contribution in [3.63, 3.8) is 0 Å². The molecule has 1 aromatic heterocycles. The summed E-state index contributed by atoms with van der Waals surface area (Å²) in [5, 5.41) is 8.49. The molecule has 0 aliphatic carbocycles. The number of aliphatic hydroxyl groups excluding tert-OH is 1. The molecule has 0 saturated carbocycles. The number of furan rings is 1. The number of hydrogen-bond acceptors (Lipinski definition) is 2. The van der Waals surface area contributed by atoms with Gasteiger partial charge in [0.15, 0.2) is 3.77 Å². The van der Waals surface area contributed by atoms with E-state index in [0.29, 0.717) is 0 Å². The molecule has 3 heteroatoms. The Morgan fingerprint density at radius 1 is 1.50 bits per heavy atom. The van der Waals surface area contributed by atoms with E-state index >= 15 is 0 Å². The maximum atomic E-state index is 8.49. The number of hydrogen-bond donors (Lipinski definition) is 1. The van der Waals surface area contributed by atoms with Gasteiger partial charge in [0.05, 0.1) is 0 Å². The zero-order valence-electron chi connectivity index (χ0n) is 5.51. The quantitative estimate of drug-likeness (QED) is 0.832. The van der Waals surface area contributed by atoms with E-state index in [1.54, 1.807) is 0 Å². The third kappa shape index (κ3) is 2.30. The Bertz CT molecular complexity index is 195. The Kier molecular flexibility index (Phi) is 3.21. The molecule has 0 aromatic carbocycles. The van der Waals surface area contributed by atoms with Crippen LogP contribution in [0.15, 0.2) is 16.5 Å². The third-order valence-electron chi connectivity index (χ3n) is 1.21. The summed E-state index contributed by atoms with van der Waals surface area (Å²) in [6.07, 6.45) is 1.61. The van der Waals surface area contributed by atoms with E-state index in [9.17, 15) is 0 Å². The molecule has 0 amide bonds. The summed E-state index contributed by atoms with van der Waals surface area (Å²) in [7, 11) is 0. The van der Waals surface area contributed by atoms with Crippen molar-refractivity contribution in [2.24, 2.45) is 0 Å². The first-order valence-electron chi connectivity index (χ1n) is 3.18. The predicted octanol–water partition coefficient (Wildman–Crippen LogP) is 1.81. The highest BCUT2D eigenvalue weighted by Crippen LogP contribution is 2.11. The van der Waals surface area contributed by atoms with Crippen molar-refractivity contribution in [1.82, 2.24) is 0 Å². The average molecular weight is 252 g/mol. The van der Waals surface area contributed by atoms with E-state index in [-0.39, 0.29) is 6.61 Å². The van der Waals surface area contributed by atoms with Gasteiger partial charge in [-0.05, 0) is 41.1 Å². The standard InChI is InChI=1S/C7H9IO2/c8-7-4-3-6(10-7)2-1-5-9/h3-4,9H,1-2,5H2. The Morgan fingerprint density at radius 2 is 2.30 bits per heavy atom. The fourth-order valence-corrected chi connectivity index (χ4v) is 1.20. The lowest BCUT2D eigenvalue weighted by Crippen LogP contribution is -1.85. The van der Waals surface area contributed by atoms with Crippen molar-refractivity contribution >= 4 is 22.6 Å². The van der Waals surface area contributed by atoms with Crippen molar-refractivity contribution in [2.75, 3.05) is 6.61 Å². The van der Waals surface area contributed by atoms with Crippen LogP contribution in [0.2, 0.25) is 0 Å². The first-order chi connectivity index (χ1) is 4.83. The molecule has 0 bridgehead atoms. The second kappa shape index (κ2) is 3.98. The van der Waals surface area contributed by atoms with Crippen molar-refractivity contribution in [3.8, 4) is 0 Å². The van der Waals surface area contributed by atoms with E-state index in [0.717, 1.165) is 22.4 Å². The van der Waals surface area contributed by atoms with E-state index in [2.05, 4.69) is 22.6 Å². The summed E-state index contributed by atoms with van der Waals surface area (Å²) < 4.78 is 6.17. The Morgan fingerprint density at radius 3 is 2.80 bits per heavy atom. The molecule has 2 nitrogen and oxygen atoms in total. The van der Waals surface area contributed by atoms with Crippen molar-refractivity contribution in [3.05, 3.63) is 21.7 Å². The van der Waals surface area contributed by atoms with Crippen LogP contribution in [0, 0.1) is 3.77 Å². The summed E-state index contributed by atoms with van der Waals surface area (Å²) in [6.45, 7) is 0.233. The second-order valence-electron chi connectivity index (χ2n) is 2.03. The highest BCUT2D eigenvalue weighted by molar-refractivity contribution is 14.1. The fraction of sp³-hybridized carbons (Fsp3) is 0.429. The van der Waals surface area contributed by atoms with Gasteiger partial charge < -0.3 is 9.52 Å². The van der Waals surface area contributed by atoms with Crippen LogP contribution in [0.5, 0.6) is 0 Å². The molecule has 0 atom stereocenters. The van der Waals surface area contributed by atoms with E-state index in [1.807, 2.05) is 12.1 Å². The monoisotopic (exact) mass is 252 g/mol. The zero-order valence-corrected chi connectivity index (χ0v) is 7.67. The summed E-state index contributed by atoms with van der Waals surface area (Å²) >= 11 is 2.12. The maximum absolute atomic E-state index is 8.49. The van der Waals surface area contributed by atoms with Gasteiger partial charge >= 0.3 is 0 Å². The van der Waals surface area contributed by atoms with Gasteiger partial charge in [0.2, 0.25) is 0 Å². The normalized spacial score (nSPS) is 10.2. The van der Waals surface area contributed by atoms with Crippen LogP contribution in [-0.2, 0) is 6.42 Å². The van der Waals surface area contributed by atoms with Crippen LogP contribution in [-0.4, -0.2) is 11.7 Å². The smallest absolute Gasteiger partial charge is 0.163 e. The van der Waals surface area contributed by atoms with Crippen LogP contribution >= 0.6 is 22.6 Å².